The van der Waals surface area contributed by atoms with Gasteiger partial charge in [0, 0.05) is 6.54 Å². The lowest BCUT2D eigenvalue weighted by Crippen LogP contribution is -2.35. The van der Waals surface area contributed by atoms with Crippen molar-refractivity contribution in [1.29, 1.82) is 0 Å². The Kier molecular flexibility index (Phi) is 6.28. The van der Waals surface area contributed by atoms with Gasteiger partial charge in [0.05, 0.1) is 0 Å². The van der Waals surface area contributed by atoms with Gasteiger partial charge < -0.3 is 20.3 Å². The summed E-state index contributed by atoms with van der Waals surface area (Å²) in [4.78, 5) is 11.6. The molecule has 1 amide bonds. The Morgan fingerprint density at radius 3 is 2.58 bits per heavy atom. The highest BCUT2D eigenvalue weighted by Gasteiger charge is 2.20. The molecule has 0 aliphatic heterocycles. The predicted molar refractivity (Wildman–Crippen MR) is 86.7 cm³/mol. The van der Waals surface area contributed by atoms with Crippen molar-refractivity contribution in [3.05, 3.63) is 71.0 Å². The molecule has 5 nitrogen and oxygen atoms in total. The van der Waals surface area contributed by atoms with Gasteiger partial charge in [-0.15, -0.1) is 0 Å². The normalized spacial score (nSPS) is 13.2. The zero-order valence-electron chi connectivity index (χ0n) is 13.3. The summed E-state index contributed by atoms with van der Waals surface area (Å²) in [5.74, 6) is -0.464. The first-order valence-corrected chi connectivity index (χ1v) is 7.54. The van der Waals surface area contributed by atoms with Crippen molar-refractivity contribution in [2.75, 3.05) is 6.54 Å². The summed E-state index contributed by atoms with van der Waals surface area (Å²) in [7, 11) is 0. The van der Waals surface area contributed by atoms with Crippen molar-refractivity contribution < 1.29 is 24.1 Å². The monoisotopic (exact) mass is 333 g/mol. The molecule has 0 saturated heterocycles. The number of carbonyl (C=O) groups excluding carboxylic acids is 1. The molecule has 2 rings (SSSR count). The molecule has 3 N–H and O–H groups in total. The summed E-state index contributed by atoms with van der Waals surface area (Å²) in [5.41, 5.74) is 1.52. The second-order valence-electron chi connectivity index (χ2n) is 5.46. The molecule has 2 atom stereocenters. The fraction of sp³-hybridized carbons (Fsp3) is 0.278. The third-order valence-corrected chi connectivity index (χ3v) is 3.57. The Hall–Kier alpha value is -2.44. The summed E-state index contributed by atoms with van der Waals surface area (Å²) in [6.45, 7) is 1.49. The van der Waals surface area contributed by atoms with Gasteiger partial charge in [0.15, 0.2) is 0 Å². The lowest BCUT2D eigenvalue weighted by molar-refractivity contribution is 0.0182. The van der Waals surface area contributed by atoms with E-state index in [1.165, 1.54) is 12.1 Å². The van der Waals surface area contributed by atoms with Crippen LogP contribution in [0.1, 0.15) is 22.8 Å². The molecule has 0 saturated carbocycles. The van der Waals surface area contributed by atoms with Crippen molar-refractivity contribution in [2.45, 2.75) is 25.7 Å². The number of amides is 1. The summed E-state index contributed by atoms with van der Waals surface area (Å²) in [6, 6.07) is 13.4. The number of halogens is 1. The van der Waals surface area contributed by atoms with Crippen LogP contribution in [0.3, 0.4) is 0 Å². The Morgan fingerprint density at radius 1 is 1.21 bits per heavy atom. The number of alkyl carbamates (subject to hydrolysis) is 1. The molecule has 0 aliphatic rings. The van der Waals surface area contributed by atoms with E-state index in [-0.39, 0.29) is 18.7 Å². The van der Waals surface area contributed by atoms with Crippen LogP contribution >= 0.6 is 0 Å². The quantitative estimate of drug-likeness (QED) is 0.759. The van der Waals surface area contributed by atoms with Gasteiger partial charge in [0.2, 0.25) is 0 Å². The minimum Gasteiger partial charge on any atom is -0.445 e. The van der Waals surface area contributed by atoms with E-state index in [9.17, 15) is 19.4 Å². The van der Waals surface area contributed by atoms with Crippen LogP contribution in [-0.4, -0.2) is 29.0 Å². The number of rotatable bonds is 6. The second kappa shape index (κ2) is 8.42. The van der Waals surface area contributed by atoms with E-state index in [1.54, 1.807) is 6.92 Å². The van der Waals surface area contributed by atoms with Crippen molar-refractivity contribution >= 4 is 6.09 Å². The van der Waals surface area contributed by atoms with Crippen molar-refractivity contribution in [3.63, 3.8) is 0 Å². The SMILES string of the molecule is Cc1ccc(C(O)C(O)CNC(=O)OCc2ccccc2)cc1F. The molecule has 0 bridgehead atoms. The maximum absolute atomic E-state index is 13.5. The zero-order chi connectivity index (χ0) is 17.5. The Balaban J connectivity index is 1.80. The molecule has 0 fully saturated rings. The van der Waals surface area contributed by atoms with Crippen LogP contribution in [0.2, 0.25) is 0 Å². The van der Waals surface area contributed by atoms with Gasteiger partial charge in [-0.2, -0.15) is 0 Å². The van der Waals surface area contributed by atoms with Crippen LogP contribution in [0, 0.1) is 12.7 Å². The minimum atomic E-state index is -1.31. The Labute approximate surface area is 139 Å². The largest absolute Gasteiger partial charge is 0.445 e. The topological polar surface area (TPSA) is 78.8 Å². The number of benzene rings is 2. The molecule has 0 aromatic heterocycles. The Bertz CT molecular complexity index is 678. The fourth-order valence-corrected chi connectivity index (χ4v) is 2.09. The lowest BCUT2D eigenvalue weighted by Gasteiger charge is -2.19. The van der Waals surface area contributed by atoms with Crippen LogP contribution in [0.5, 0.6) is 0 Å². The van der Waals surface area contributed by atoms with Gasteiger partial charge in [-0.3, -0.25) is 0 Å². The standard InChI is InChI=1S/C18H20FNO4/c1-12-7-8-14(9-15(12)19)17(22)16(21)10-20-18(23)24-11-13-5-3-2-4-6-13/h2-9,16-17,21-22H,10-11H2,1H3,(H,20,23). The van der Waals surface area contributed by atoms with Gasteiger partial charge in [-0.25, -0.2) is 9.18 Å². The second-order valence-corrected chi connectivity index (χ2v) is 5.46. The highest BCUT2D eigenvalue weighted by Crippen LogP contribution is 2.19. The van der Waals surface area contributed by atoms with Crippen LogP contribution in [-0.2, 0) is 11.3 Å². The number of aliphatic hydroxyl groups is 2. The number of nitrogens with one attached hydrogen (secondary N) is 1. The summed E-state index contributed by atoms with van der Waals surface area (Å²) in [6.07, 6.45) is -3.30. The third-order valence-electron chi connectivity index (χ3n) is 3.57. The summed E-state index contributed by atoms with van der Waals surface area (Å²) >= 11 is 0. The lowest BCUT2D eigenvalue weighted by atomic mass is 10.0. The Morgan fingerprint density at radius 2 is 1.92 bits per heavy atom. The molecule has 2 aromatic carbocycles. The smallest absolute Gasteiger partial charge is 0.407 e. The molecule has 128 valence electrons. The number of aliphatic hydroxyl groups excluding tert-OH is 2. The molecule has 0 aliphatic carbocycles. The maximum Gasteiger partial charge on any atom is 0.407 e. The van der Waals surface area contributed by atoms with Gasteiger partial charge in [0.25, 0.3) is 0 Å². The third kappa shape index (κ3) is 5.04. The van der Waals surface area contributed by atoms with Gasteiger partial charge in [0.1, 0.15) is 24.6 Å². The number of aryl methyl sites for hydroxylation is 1. The molecule has 24 heavy (non-hydrogen) atoms. The minimum absolute atomic E-state index is 0.106. The number of carbonyl (C=O) groups is 1. The summed E-state index contributed by atoms with van der Waals surface area (Å²) in [5, 5.41) is 22.3. The molecule has 2 unspecified atom stereocenters. The average molecular weight is 333 g/mol. The zero-order valence-corrected chi connectivity index (χ0v) is 13.3. The fourth-order valence-electron chi connectivity index (χ4n) is 2.09. The van der Waals surface area contributed by atoms with Crippen LogP contribution in [0.25, 0.3) is 0 Å². The van der Waals surface area contributed by atoms with E-state index >= 15 is 0 Å². The first-order valence-electron chi connectivity index (χ1n) is 7.54. The molecule has 0 spiro atoms. The molecule has 2 aromatic rings. The molecule has 0 radical (unpaired) electrons. The first kappa shape index (κ1) is 17.9. The number of hydrogen-bond donors (Lipinski definition) is 3. The van der Waals surface area contributed by atoms with Crippen molar-refractivity contribution in [2.24, 2.45) is 0 Å². The van der Waals surface area contributed by atoms with Crippen LogP contribution in [0.4, 0.5) is 9.18 Å². The van der Waals surface area contributed by atoms with Crippen LogP contribution in [0.15, 0.2) is 48.5 Å². The van der Waals surface area contributed by atoms with E-state index in [2.05, 4.69) is 5.32 Å². The highest BCUT2D eigenvalue weighted by molar-refractivity contribution is 5.67. The molecule has 0 heterocycles. The van der Waals surface area contributed by atoms with Gasteiger partial charge in [-0.1, -0.05) is 42.5 Å². The molecular weight excluding hydrogens is 313 g/mol. The molecular formula is C18H20FNO4. The van der Waals surface area contributed by atoms with E-state index in [1.807, 2.05) is 30.3 Å². The average Bonchev–Trinajstić information content (AvgIpc) is 2.60. The number of hydrogen-bond acceptors (Lipinski definition) is 4. The van der Waals surface area contributed by atoms with Crippen molar-refractivity contribution in [3.8, 4) is 0 Å². The van der Waals surface area contributed by atoms with E-state index in [0.717, 1.165) is 11.6 Å². The molecule has 6 heteroatoms. The van der Waals surface area contributed by atoms with E-state index in [4.69, 9.17) is 4.74 Å². The van der Waals surface area contributed by atoms with Gasteiger partial charge >= 0.3 is 6.09 Å². The maximum atomic E-state index is 13.5. The van der Waals surface area contributed by atoms with Crippen molar-refractivity contribution in [1.82, 2.24) is 5.32 Å². The highest BCUT2D eigenvalue weighted by atomic mass is 19.1. The predicted octanol–water partition coefficient (Wildman–Crippen LogP) is 2.45. The first-order chi connectivity index (χ1) is 11.5. The summed E-state index contributed by atoms with van der Waals surface area (Å²) < 4.78 is 18.5. The number of ether oxygens (including phenoxy) is 1. The van der Waals surface area contributed by atoms with E-state index < -0.39 is 24.1 Å². The van der Waals surface area contributed by atoms with E-state index in [0.29, 0.717) is 5.56 Å². The van der Waals surface area contributed by atoms with Crippen LogP contribution < -0.4 is 5.32 Å². The van der Waals surface area contributed by atoms with Gasteiger partial charge in [-0.05, 0) is 29.7 Å².